The van der Waals surface area contributed by atoms with Gasteiger partial charge in [0.2, 0.25) is 15.9 Å². The number of esters is 1. The highest BCUT2D eigenvalue weighted by atomic mass is 32.2. The third-order valence-electron chi connectivity index (χ3n) is 5.54. The number of hydrogen-bond acceptors (Lipinski definition) is 7. The van der Waals surface area contributed by atoms with E-state index < -0.39 is 10.0 Å². The molecule has 0 spiro atoms. The summed E-state index contributed by atoms with van der Waals surface area (Å²) in [6.45, 7) is 8.70. The summed E-state index contributed by atoms with van der Waals surface area (Å²) >= 11 is 0. The molecule has 1 saturated heterocycles. The van der Waals surface area contributed by atoms with Crippen molar-refractivity contribution in [3.63, 3.8) is 0 Å². The Bertz CT molecular complexity index is 878. The van der Waals surface area contributed by atoms with Crippen molar-refractivity contribution in [1.82, 2.24) is 9.21 Å². The van der Waals surface area contributed by atoms with E-state index in [1.807, 2.05) is 18.7 Å². The van der Waals surface area contributed by atoms with Gasteiger partial charge in [0.15, 0.2) is 0 Å². The fourth-order valence-corrected chi connectivity index (χ4v) is 5.24. The first kappa shape index (κ1) is 25.9. The van der Waals surface area contributed by atoms with Gasteiger partial charge in [-0.05, 0) is 31.5 Å². The average Bonchev–Trinajstić information content (AvgIpc) is 2.79. The van der Waals surface area contributed by atoms with E-state index in [1.165, 1.54) is 4.31 Å². The number of sulfonamides is 1. The largest absolute Gasteiger partial charge is 0.495 e. The van der Waals surface area contributed by atoms with E-state index in [9.17, 15) is 18.0 Å². The first-order valence-corrected chi connectivity index (χ1v) is 12.6. The lowest BCUT2D eigenvalue weighted by molar-refractivity contribution is -0.143. The van der Waals surface area contributed by atoms with Gasteiger partial charge in [0.05, 0.1) is 24.3 Å². The fourth-order valence-electron chi connectivity index (χ4n) is 3.76. The molecule has 1 aliphatic rings. The van der Waals surface area contributed by atoms with Crippen molar-refractivity contribution in [1.29, 1.82) is 0 Å². The predicted molar refractivity (Wildman–Crippen MR) is 122 cm³/mol. The molecular formula is C22H35N3O6S. The van der Waals surface area contributed by atoms with Crippen LogP contribution in [0.2, 0.25) is 0 Å². The molecule has 0 N–H and O–H groups in total. The van der Waals surface area contributed by atoms with Crippen molar-refractivity contribution in [3.05, 3.63) is 18.2 Å². The maximum Gasteiger partial charge on any atom is 0.305 e. The summed E-state index contributed by atoms with van der Waals surface area (Å²) in [6, 6.07) is 4.90. The average molecular weight is 470 g/mol. The molecule has 32 heavy (non-hydrogen) atoms. The molecule has 0 aliphatic carbocycles. The predicted octanol–water partition coefficient (Wildman–Crippen LogP) is 2.11. The number of piperazine rings is 1. The lowest BCUT2D eigenvalue weighted by Gasteiger charge is -2.37. The molecule has 0 saturated carbocycles. The highest BCUT2D eigenvalue weighted by molar-refractivity contribution is 7.89. The van der Waals surface area contributed by atoms with Crippen molar-refractivity contribution in [2.75, 3.05) is 57.9 Å². The molecule has 0 atom stereocenters. The molecule has 0 radical (unpaired) electrons. The van der Waals surface area contributed by atoms with Gasteiger partial charge >= 0.3 is 5.97 Å². The summed E-state index contributed by atoms with van der Waals surface area (Å²) in [6.07, 6.45) is 1.02. The minimum Gasteiger partial charge on any atom is -0.495 e. The van der Waals surface area contributed by atoms with Crippen LogP contribution in [0.1, 0.15) is 40.0 Å². The van der Waals surface area contributed by atoms with Crippen LogP contribution in [0.3, 0.4) is 0 Å². The van der Waals surface area contributed by atoms with Crippen LogP contribution in [0.15, 0.2) is 23.1 Å². The smallest absolute Gasteiger partial charge is 0.305 e. The number of anilines is 1. The van der Waals surface area contributed by atoms with E-state index >= 15 is 0 Å². The number of amides is 1. The Morgan fingerprint density at radius 2 is 1.69 bits per heavy atom. The number of benzene rings is 1. The van der Waals surface area contributed by atoms with Gasteiger partial charge in [0.1, 0.15) is 5.75 Å². The first-order valence-electron chi connectivity index (χ1n) is 11.1. The molecule has 0 bridgehead atoms. The van der Waals surface area contributed by atoms with E-state index in [0.29, 0.717) is 70.2 Å². The van der Waals surface area contributed by atoms with Crippen LogP contribution in [0.25, 0.3) is 0 Å². The molecule has 2 rings (SSSR count). The molecule has 1 fully saturated rings. The molecule has 1 aliphatic heterocycles. The zero-order valence-electron chi connectivity index (χ0n) is 19.5. The zero-order chi connectivity index (χ0) is 23.7. The van der Waals surface area contributed by atoms with Crippen LogP contribution in [-0.2, 0) is 24.3 Å². The standard InChI is InChI=1S/C22H35N3O6S/c1-5-25(6-2)32(28,29)18-11-12-20(30-4)19(17-18)23-13-15-24(16-14-23)21(26)9-8-10-22(27)31-7-3/h11-12,17H,5-10,13-16H2,1-4H3. The van der Waals surface area contributed by atoms with Crippen LogP contribution < -0.4 is 9.64 Å². The minimum atomic E-state index is -3.58. The lowest BCUT2D eigenvalue weighted by atomic mass is 10.2. The van der Waals surface area contributed by atoms with E-state index in [-0.39, 0.29) is 23.2 Å². The Morgan fingerprint density at radius 3 is 2.25 bits per heavy atom. The van der Waals surface area contributed by atoms with Crippen LogP contribution in [-0.4, -0.2) is 82.5 Å². The Kier molecular flexibility index (Phi) is 9.77. The molecule has 10 heteroatoms. The van der Waals surface area contributed by atoms with Crippen molar-refractivity contribution in [2.45, 2.75) is 44.9 Å². The van der Waals surface area contributed by atoms with Crippen LogP contribution in [0.5, 0.6) is 5.75 Å². The van der Waals surface area contributed by atoms with E-state index in [0.717, 1.165) is 0 Å². The summed E-state index contributed by atoms with van der Waals surface area (Å²) in [4.78, 5) is 28.0. The van der Waals surface area contributed by atoms with Crippen molar-refractivity contribution in [3.8, 4) is 5.75 Å². The third kappa shape index (κ3) is 6.35. The van der Waals surface area contributed by atoms with Crippen LogP contribution in [0, 0.1) is 0 Å². The van der Waals surface area contributed by atoms with E-state index in [2.05, 4.69) is 0 Å². The second kappa shape index (κ2) is 12.1. The topological polar surface area (TPSA) is 96.5 Å². The van der Waals surface area contributed by atoms with Gasteiger partial charge in [-0.1, -0.05) is 13.8 Å². The van der Waals surface area contributed by atoms with Crippen LogP contribution in [0.4, 0.5) is 5.69 Å². The first-order chi connectivity index (χ1) is 15.3. The number of methoxy groups -OCH3 is 1. The minimum absolute atomic E-state index is 0.0128. The molecule has 0 unspecified atom stereocenters. The highest BCUT2D eigenvalue weighted by Crippen LogP contribution is 2.32. The Labute approximate surface area is 191 Å². The monoisotopic (exact) mass is 469 g/mol. The van der Waals surface area contributed by atoms with Crippen molar-refractivity contribution < 1.29 is 27.5 Å². The summed E-state index contributed by atoms with van der Waals surface area (Å²) < 4.78 is 37.7. The van der Waals surface area contributed by atoms with Crippen molar-refractivity contribution >= 4 is 27.6 Å². The molecule has 180 valence electrons. The van der Waals surface area contributed by atoms with E-state index in [1.54, 1.807) is 37.1 Å². The molecular weight excluding hydrogens is 434 g/mol. The summed E-state index contributed by atoms with van der Waals surface area (Å²) in [5, 5.41) is 0. The zero-order valence-corrected chi connectivity index (χ0v) is 20.3. The molecule has 1 aromatic carbocycles. The summed E-state index contributed by atoms with van der Waals surface area (Å²) in [5.74, 6) is 0.327. The van der Waals surface area contributed by atoms with Gasteiger partial charge in [0, 0.05) is 52.1 Å². The SMILES string of the molecule is CCOC(=O)CCCC(=O)N1CCN(c2cc(S(=O)(=O)N(CC)CC)ccc2OC)CC1. The molecule has 0 aromatic heterocycles. The van der Waals surface area contributed by atoms with Gasteiger partial charge in [-0.25, -0.2) is 8.42 Å². The Balaban J connectivity index is 2.05. The summed E-state index contributed by atoms with van der Waals surface area (Å²) in [7, 11) is -2.03. The number of carbonyl (C=O) groups is 2. The highest BCUT2D eigenvalue weighted by Gasteiger charge is 2.27. The van der Waals surface area contributed by atoms with Gasteiger partial charge in [-0.15, -0.1) is 0 Å². The molecule has 1 amide bonds. The van der Waals surface area contributed by atoms with Gasteiger partial charge < -0.3 is 19.3 Å². The van der Waals surface area contributed by atoms with Gasteiger partial charge in [-0.3, -0.25) is 9.59 Å². The number of nitrogens with zero attached hydrogens (tertiary/aromatic N) is 3. The number of hydrogen-bond donors (Lipinski definition) is 0. The number of ether oxygens (including phenoxy) is 2. The maximum absolute atomic E-state index is 12.9. The third-order valence-corrected chi connectivity index (χ3v) is 7.59. The molecule has 1 heterocycles. The van der Waals surface area contributed by atoms with E-state index in [4.69, 9.17) is 9.47 Å². The van der Waals surface area contributed by atoms with Crippen LogP contribution >= 0.6 is 0 Å². The second-order valence-corrected chi connectivity index (χ2v) is 9.39. The fraction of sp³-hybridized carbons (Fsp3) is 0.636. The lowest BCUT2D eigenvalue weighted by Crippen LogP contribution is -2.48. The quantitative estimate of drug-likeness (QED) is 0.458. The molecule has 1 aromatic rings. The normalized spacial score (nSPS) is 14.5. The Hall–Kier alpha value is -2.33. The maximum atomic E-state index is 12.9. The number of carbonyl (C=O) groups excluding carboxylic acids is 2. The number of rotatable bonds is 11. The van der Waals surface area contributed by atoms with Crippen molar-refractivity contribution in [2.24, 2.45) is 0 Å². The van der Waals surface area contributed by atoms with Gasteiger partial charge in [-0.2, -0.15) is 4.31 Å². The molecule has 9 nitrogen and oxygen atoms in total. The summed E-state index contributed by atoms with van der Waals surface area (Å²) in [5.41, 5.74) is 0.704. The second-order valence-electron chi connectivity index (χ2n) is 7.45. The Morgan fingerprint density at radius 1 is 1.03 bits per heavy atom. The van der Waals surface area contributed by atoms with Gasteiger partial charge in [0.25, 0.3) is 0 Å².